The predicted molar refractivity (Wildman–Crippen MR) is 113 cm³/mol. The molecule has 3 N–H and O–H groups in total. The maximum Gasteiger partial charge on any atom is 0.255 e. The minimum atomic E-state index is -0.489. The zero-order valence-electron chi connectivity index (χ0n) is 16.3. The van der Waals surface area contributed by atoms with Crippen molar-refractivity contribution < 1.29 is 18.7 Å². The van der Waals surface area contributed by atoms with Gasteiger partial charge in [-0.15, -0.1) is 12.4 Å². The molecule has 1 fully saturated rings. The highest BCUT2D eigenvalue weighted by atomic mass is 35.5. The summed E-state index contributed by atoms with van der Waals surface area (Å²) in [7, 11) is 1.49. The van der Waals surface area contributed by atoms with Gasteiger partial charge in [-0.1, -0.05) is 6.07 Å². The second-order valence-corrected chi connectivity index (χ2v) is 6.95. The number of carbonyl (C=O) groups is 2. The minimum Gasteiger partial charge on any atom is -0.495 e. The Hall–Kier alpha value is -2.64. The highest BCUT2D eigenvalue weighted by Crippen LogP contribution is 2.29. The number of benzene rings is 2. The van der Waals surface area contributed by atoms with Gasteiger partial charge in [0.2, 0.25) is 5.91 Å². The first-order valence-electron chi connectivity index (χ1n) is 9.25. The van der Waals surface area contributed by atoms with E-state index >= 15 is 0 Å². The fourth-order valence-corrected chi connectivity index (χ4v) is 3.32. The van der Waals surface area contributed by atoms with E-state index in [2.05, 4.69) is 22.9 Å². The van der Waals surface area contributed by atoms with E-state index in [1.807, 2.05) is 0 Å². The average Bonchev–Trinajstić information content (AvgIpc) is 2.68. The Morgan fingerprint density at radius 3 is 2.66 bits per heavy atom. The second-order valence-electron chi connectivity index (χ2n) is 6.95. The third-order valence-corrected chi connectivity index (χ3v) is 4.80. The Balaban J connectivity index is 0.00000300. The number of carbonyl (C=O) groups excluding carboxylic acids is 2. The summed E-state index contributed by atoms with van der Waals surface area (Å²) in [5.74, 6) is -0.604. The van der Waals surface area contributed by atoms with Crippen LogP contribution in [0.4, 0.5) is 15.8 Å². The molecule has 3 rings (SSSR count). The number of rotatable bonds is 5. The number of piperidine rings is 1. The molecule has 0 aliphatic carbocycles. The van der Waals surface area contributed by atoms with Crippen LogP contribution in [0.5, 0.6) is 5.75 Å². The summed E-state index contributed by atoms with van der Waals surface area (Å²) in [5, 5.41) is 8.95. The molecule has 1 aliphatic rings. The SMILES string of the molecule is COc1ccc(NC(=O)[C@H]2CCN[C@@H](C)C2)cc1NC(=O)c1cccc(F)c1.Cl. The number of methoxy groups -OCH3 is 1. The fourth-order valence-electron chi connectivity index (χ4n) is 3.32. The van der Waals surface area contributed by atoms with E-state index in [0.717, 1.165) is 25.5 Å². The van der Waals surface area contributed by atoms with Crippen LogP contribution in [-0.4, -0.2) is 31.5 Å². The first-order valence-corrected chi connectivity index (χ1v) is 9.25. The van der Waals surface area contributed by atoms with Crippen LogP contribution in [0.25, 0.3) is 0 Å². The third-order valence-electron chi connectivity index (χ3n) is 4.80. The van der Waals surface area contributed by atoms with Gasteiger partial charge in [-0.25, -0.2) is 4.39 Å². The van der Waals surface area contributed by atoms with Gasteiger partial charge in [0.1, 0.15) is 11.6 Å². The lowest BCUT2D eigenvalue weighted by atomic mass is 9.92. The van der Waals surface area contributed by atoms with Crippen LogP contribution in [-0.2, 0) is 4.79 Å². The molecule has 2 aromatic carbocycles. The van der Waals surface area contributed by atoms with E-state index in [-0.39, 0.29) is 29.8 Å². The standard InChI is InChI=1S/C21H24FN3O3.ClH/c1-13-10-15(8-9-23-13)20(26)24-17-6-7-19(28-2)18(12-17)25-21(27)14-4-3-5-16(22)11-14;/h3-7,11-13,15,23H,8-10H2,1-2H3,(H,24,26)(H,25,27);1H/t13-,15-;/m0./s1. The van der Waals surface area contributed by atoms with Gasteiger partial charge in [0.05, 0.1) is 12.8 Å². The molecule has 0 radical (unpaired) electrons. The van der Waals surface area contributed by atoms with Crippen molar-refractivity contribution in [2.75, 3.05) is 24.3 Å². The summed E-state index contributed by atoms with van der Waals surface area (Å²) in [4.78, 5) is 25.0. The highest BCUT2D eigenvalue weighted by molar-refractivity contribution is 6.05. The Morgan fingerprint density at radius 1 is 1.17 bits per heavy atom. The number of hydrogen-bond donors (Lipinski definition) is 3. The Morgan fingerprint density at radius 2 is 1.97 bits per heavy atom. The van der Waals surface area contributed by atoms with Crippen molar-refractivity contribution in [3.63, 3.8) is 0 Å². The van der Waals surface area contributed by atoms with Gasteiger partial charge in [0, 0.05) is 23.2 Å². The maximum absolute atomic E-state index is 13.4. The summed E-state index contributed by atoms with van der Waals surface area (Å²) >= 11 is 0. The molecule has 0 unspecified atom stereocenters. The van der Waals surface area contributed by atoms with E-state index in [9.17, 15) is 14.0 Å². The van der Waals surface area contributed by atoms with Crippen molar-refractivity contribution in [2.45, 2.75) is 25.8 Å². The monoisotopic (exact) mass is 421 g/mol. The van der Waals surface area contributed by atoms with Gasteiger partial charge < -0.3 is 20.7 Å². The summed E-state index contributed by atoms with van der Waals surface area (Å²) in [5.41, 5.74) is 1.15. The number of halogens is 2. The summed E-state index contributed by atoms with van der Waals surface area (Å²) in [6, 6.07) is 10.8. The van der Waals surface area contributed by atoms with Gasteiger partial charge in [0.25, 0.3) is 5.91 Å². The summed E-state index contributed by atoms with van der Waals surface area (Å²) < 4.78 is 18.7. The summed E-state index contributed by atoms with van der Waals surface area (Å²) in [6.07, 6.45) is 1.57. The molecular weight excluding hydrogens is 397 g/mol. The zero-order valence-corrected chi connectivity index (χ0v) is 17.1. The number of ether oxygens (including phenoxy) is 1. The van der Waals surface area contributed by atoms with Crippen LogP contribution in [0.15, 0.2) is 42.5 Å². The van der Waals surface area contributed by atoms with Crippen molar-refractivity contribution in [2.24, 2.45) is 5.92 Å². The minimum absolute atomic E-state index is 0. The molecule has 1 heterocycles. The molecule has 156 valence electrons. The van der Waals surface area contributed by atoms with Crippen molar-refractivity contribution >= 4 is 35.6 Å². The molecule has 6 nitrogen and oxygen atoms in total. The Labute approximate surface area is 175 Å². The number of amides is 2. The highest BCUT2D eigenvalue weighted by Gasteiger charge is 2.25. The third kappa shape index (κ3) is 5.92. The molecule has 29 heavy (non-hydrogen) atoms. The van der Waals surface area contributed by atoms with Gasteiger partial charge in [0.15, 0.2) is 0 Å². The molecular formula is C21H25ClFN3O3. The van der Waals surface area contributed by atoms with Gasteiger partial charge in [-0.05, 0) is 62.7 Å². The average molecular weight is 422 g/mol. The lowest BCUT2D eigenvalue weighted by Crippen LogP contribution is -2.40. The van der Waals surface area contributed by atoms with E-state index < -0.39 is 11.7 Å². The molecule has 8 heteroatoms. The van der Waals surface area contributed by atoms with Crippen molar-refractivity contribution in [3.05, 3.63) is 53.8 Å². The largest absolute Gasteiger partial charge is 0.495 e. The molecule has 2 aromatic rings. The normalized spacial score (nSPS) is 18.3. The Kier molecular flexibility index (Phi) is 7.99. The fraction of sp³-hybridized carbons (Fsp3) is 0.333. The molecule has 2 amide bonds. The molecule has 1 saturated heterocycles. The topological polar surface area (TPSA) is 79.5 Å². The molecule has 0 aromatic heterocycles. The van der Waals surface area contributed by atoms with Crippen LogP contribution in [0.1, 0.15) is 30.1 Å². The molecule has 2 atom stereocenters. The van der Waals surface area contributed by atoms with Crippen LogP contribution in [0.2, 0.25) is 0 Å². The lowest BCUT2D eigenvalue weighted by molar-refractivity contribution is -0.120. The van der Waals surface area contributed by atoms with Crippen LogP contribution in [0.3, 0.4) is 0 Å². The van der Waals surface area contributed by atoms with Gasteiger partial charge in [-0.3, -0.25) is 9.59 Å². The molecule has 0 saturated carbocycles. The van der Waals surface area contributed by atoms with Crippen LogP contribution < -0.4 is 20.7 Å². The quantitative estimate of drug-likeness (QED) is 0.685. The molecule has 0 bridgehead atoms. The van der Waals surface area contributed by atoms with Crippen molar-refractivity contribution in [1.82, 2.24) is 5.32 Å². The zero-order chi connectivity index (χ0) is 20.1. The van der Waals surface area contributed by atoms with E-state index in [0.29, 0.717) is 23.2 Å². The Bertz CT molecular complexity index is 878. The van der Waals surface area contributed by atoms with E-state index in [1.165, 1.54) is 25.3 Å². The van der Waals surface area contributed by atoms with Crippen LogP contribution in [0, 0.1) is 11.7 Å². The number of hydrogen-bond acceptors (Lipinski definition) is 4. The van der Waals surface area contributed by atoms with Gasteiger partial charge in [-0.2, -0.15) is 0 Å². The molecule has 1 aliphatic heterocycles. The number of nitrogens with one attached hydrogen (secondary N) is 3. The van der Waals surface area contributed by atoms with Crippen molar-refractivity contribution in [1.29, 1.82) is 0 Å². The smallest absolute Gasteiger partial charge is 0.255 e. The summed E-state index contributed by atoms with van der Waals surface area (Å²) in [6.45, 7) is 2.88. The predicted octanol–water partition coefficient (Wildman–Crippen LogP) is 3.84. The second kappa shape index (κ2) is 10.2. The molecule has 0 spiro atoms. The van der Waals surface area contributed by atoms with Gasteiger partial charge >= 0.3 is 0 Å². The first-order chi connectivity index (χ1) is 13.5. The number of anilines is 2. The van der Waals surface area contributed by atoms with E-state index in [4.69, 9.17) is 4.74 Å². The van der Waals surface area contributed by atoms with Crippen molar-refractivity contribution in [3.8, 4) is 5.75 Å². The first kappa shape index (κ1) is 22.6. The van der Waals surface area contributed by atoms with Crippen LogP contribution >= 0.6 is 12.4 Å². The van der Waals surface area contributed by atoms with E-state index in [1.54, 1.807) is 18.2 Å². The maximum atomic E-state index is 13.4. The lowest BCUT2D eigenvalue weighted by Gasteiger charge is -2.27.